The first kappa shape index (κ1) is 9.36. The fourth-order valence-electron chi connectivity index (χ4n) is 0.898. The minimum Gasteiger partial charge on any atom is -0.316 e. The van der Waals surface area contributed by atoms with Crippen LogP contribution in [0.2, 0.25) is 0 Å². The van der Waals surface area contributed by atoms with Gasteiger partial charge in [-0.1, -0.05) is 24.3 Å². The lowest BCUT2D eigenvalue weighted by Crippen LogP contribution is -2.03. The lowest BCUT2D eigenvalue weighted by atomic mass is 10.2. The Morgan fingerprint density at radius 1 is 1.33 bits per heavy atom. The van der Waals surface area contributed by atoms with Crippen LogP contribution in [0, 0.1) is 0 Å². The summed E-state index contributed by atoms with van der Waals surface area (Å²) >= 11 is 4.20. The molecule has 0 bridgehead atoms. The van der Waals surface area contributed by atoms with E-state index in [1.54, 1.807) is 0 Å². The van der Waals surface area contributed by atoms with Crippen molar-refractivity contribution in [1.82, 2.24) is 5.32 Å². The SMILES string of the molecule is CNCC=Cc1ccc(S)cc1. The molecule has 1 N–H and O–H groups in total. The van der Waals surface area contributed by atoms with Crippen LogP contribution in [-0.2, 0) is 0 Å². The van der Waals surface area contributed by atoms with Gasteiger partial charge in [0, 0.05) is 11.4 Å². The van der Waals surface area contributed by atoms with E-state index in [0.717, 1.165) is 11.4 Å². The Bertz CT molecular complexity index is 251. The summed E-state index contributed by atoms with van der Waals surface area (Å²) in [6.45, 7) is 0.905. The number of hydrogen-bond donors (Lipinski definition) is 2. The summed E-state index contributed by atoms with van der Waals surface area (Å²) in [6, 6.07) is 8.08. The van der Waals surface area contributed by atoms with Gasteiger partial charge in [-0.3, -0.25) is 0 Å². The first-order chi connectivity index (χ1) is 5.83. The van der Waals surface area contributed by atoms with Crippen LogP contribution in [0.15, 0.2) is 35.2 Å². The van der Waals surface area contributed by atoms with Gasteiger partial charge in [-0.05, 0) is 24.7 Å². The summed E-state index contributed by atoms with van der Waals surface area (Å²) < 4.78 is 0. The normalized spacial score (nSPS) is 10.8. The Balaban J connectivity index is 2.58. The maximum Gasteiger partial charge on any atom is 0.0135 e. The third kappa shape index (κ3) is 3.11. The lowest BCUT2D eigenvalue weighted by Gasteiger charge is -1.93. The van der Waals surface area contributed by atoms with Gasteiger partial charge in [0.15, 0.2) is 0 Å². The van der Waals surface area contributed by atoms with Crippen LogP contribution < -0.4 is 5.32 Å². The first-order valence-corrected chi connectivity index (χ1v) is 4.38. The van der Waals surface area contributed by atoms with Crippen molar-refractivity contribution < 1.29 is 0 Å². The molecule has 0 radical (unpaired) electrons. The Morgan fingerprint density at radius 2 is 2.00 bits per heavy atom. The molecule has 0 saturated heterocycles. The zero-order chi connectivity index (χ0) is 8.81. The van der Waals surface area contributed by atoms with Crippen LogP contribution in [0.25, 0.3) is 6.08 Å². The second kappa shape index (κ2) is 5.01. The molecule has 0 saturated carbocycles. The number of rotatable bonds is 3. The molecule has 64 valence electrons. The molecule has 1 aromatic rings. The second-order valence-electron chi connectivity index (χ2n) is 2.55. The quantitative estimate of drug-likeness (QED) is 0.678. The predicted octanol–water partition coefficient (Wildman–Crippen LogP) is 2.21. The van der Waals surface area contributed by atoms with E-state index >= 15 is 0 Å². The maximum absolute atomic E-state index is 4.20. The predicted molar refractivity (Wildman–Crippen MR) is 56.7 cm³/mol. The van der Waals surface area contributed by atoms with Crippen LogP contribution in [0.4, 0.5) is 0 Å². The molecule has 0 atom stereocenters. The highest BCUT2D eigenvalue weighted by Gasteiger charge is 1.85. The number of likely N-dealkylation sites (N-methyl/N-ethyl adjacent to an activating group) is 1. The molecule has 0 aliphatic rings. The van der Waals surface area contributed by atoms with Crippen molar-refractivity contribution in [2.24, 2.45) is 0 Å². The smallest absolute Gasteiger partial charge is 0.0135 e. The molecule has 1 nitrogen and oxygen atoms in total. The first-order valence-electron chi connectivity index (χ1n) is 3.93. The molecule has 2 heteroatoms. The van der Waals surface area contributed by atoms with Crippen molar-refractivity contribution in [3.8, 4) is 0 Å². The zero-order valence-corrected chi connectivity index (χ0v) is 8.01. The highest BCUT2D eigenvalue weighted by Crippen LogP contribution is 2.08. The van der Waals surface area contributed by atoms with E-state index < -0.39 is 0 Å². The van der Waals surface area contributed by atoms with E-state index in [2.05, 4.69) is 42.2 Å². The topological polar surface area (TPSA) is 12.0 Å². The van der Waals surface area contributed by atoms with Crippen LogP contribution in [0.3, 0.4) is 0 Å². The maximum atomic E-state index is 4.20. The largest absolute Gasteiger partial charge is 0.316 e. The summed E-state index contributed by atoms with van der Waals surface area (Å²) in [5, 5.41) is 3.05. The molecule has 0 heterocycles. The molecule has 1 rings (SSSR count). The summed E-state index contributed by atoms with van der Waals surface area (Å²) in [6.07, 6.45) is 4.18. The fraction of sp³-hybridized carbons (Fsp3) is 0.200. The lowest BCUT2D eigenvalue weighted by molar-refractivity contribution is 0.922. The van der Waals surface area contributed by atoms with Crippen molar-refractivity contribution in [3.63, 3.8) is 0 Å². The van der Waals surface area contributed by atoms with E-state index in [1.807, 2.05) is 19.2 Å². The van der Waals surface area contributed by atoms with Crippen LogP contribution in [-0.4, -0.2) is 13.6 Å². The minimum atomic E-state index is 0.905. The van der Waals surface area contributed by atoms with Crippen molar-refractivity contribution >= 4 is 18.7 Å². The van der Waals surface area contributed by atoms with Gasteiger partial charge in [0.1, 0.15) is 0 Å². The average molecular weight is 179 g/mol. The molecule has 0 spiro atoms. The van der Waals surface area contributed by atoms with E-state index in [4.69, 9.17) is 0 Å². The molecule has 1 aromatic carbocycles. The molecule has 12 heavy (non-hydrogen) atoms. The van der Waals surface area contributed by atoms with Crippen LogP contribution in [0.5, 0.6) is 0 Å². The van der Waals surface area contributed by atoms with E-state index in [-0.39, 0.29) is 0 Å². The Kier molecular flexibility index (Phi) is 3.91. The third-order valence-corrected chi connectivity index (χ3v) is 1.82. The number of nitrogens with one attached hydrogen (secondary N) is 1. The van der Waals surface area contributed by atoms with Gasteiger partial charge >= 0.3 is 0 Å². The summed E-state index contributed by atoms with van der Waals surface area (Å²) in [4.78, 5) is 1.00. The van der Waals surface area contributed by atoms with E-state index in [1.165, 1.54) is 5.56 Å². The van der Waals surface area contributed by atoms with Gasteiger partial charge in [-0.15, -0.1) is 12.6 Å². The van der Waals surface area contributed by atoms with Crippen LogP contribution >= 0.6 is 12.6 Å². The minimum absolute atomic E-state index is 0.905. The molecule has 0 unspecified atom stereocenters. The Labute approximate surface area is 78.9 Å². The summed E-state index contributed by atoms with van der Waals surface area (Å²) in [5.74, 6) is 0. The molecule has 0 aromatic heterocycles. The standard InChI is InChI=1S/C10H13NS/c1-11-8-2-3-9-4-6-10(12)7-5-9/h2-7,11-12H,8H2,1H3. The average Bonchev–Trinajstić information content (AvgIpc) is 2.09. The molecular formula is C10H13NS. The van der Waals surface area contributed by atoms with Gasteiger partial charge in [0.05, 0.1) is 0 Å². The highest BCUT2D eigenvalue weighted by atomic mass is 32.1. The molecule has 0 amide bonds. The van der Waals surface area contributed by atoms with Crippen molar-refractivity contribution in [2.75, 3.05) is 13.6 Å². The summed E-state index contributed by atoms with van der Waals surface area (Å²) in [5.41, 5.74) is 1.21. The van der Waals surface area contributed by atoms with E-state index in [0.29, 0.717) is 0 Å². The Morgan fingerprint density at radius 3 is 2.58 bits per heavy atom. The number of thiol groups is 1. The molecule has 0 aliphatic carbocycles. The molecule has 0 fully saturated rings. The summed E-state index contributed by atoms with van der Waals surface area (Å²) in [7, 11) is 1.93. The van der Waals surface area contributed by atoms with Crippen molar-refractivity contribution in [3.05, 3.63) is 35.9 Å². The number of benzene rings is 1. The molecule has 0 aliphatic heterocycles. The number of hydrogen-bond acceptors (Lipinski definition) is 2. The zero-order valence-electron chi connectivity index (χ0n) is 7.12. The van der Waals surface area contributed by atoms with Gasteiger partial charge in [0.25, 0.3) is 0 Å². The third-order valence-electron chi connectivity index (χ3n) is 1.53. The monoisotopic (exact) mass is 179 g/mol. The van der Waals surface area contributed by atoms with Gasteiger partial charge in [-0.25, -0.2) is 0 Å². The van der Waals surface area contributed by atoms with Crippen molar-refractivity contribution in [1.29, 1.82) is 0 Å². The highest BCUT2D eigenvalue weighted by molar-refractivity contribution is 7.80. The van der Waals surface area contributed by atoms with Crippen molar-refractivity contribution in [2.45, 2.75) is 4.90 Å². The van der Waals surface area contributed by atoms with Gasteiger partial charge < -0.3 is 5.32 Å². The van der Waals surface area contributed by atoms with Gasteiger partial charge in [0.2, 0.25) is 0 Å². The molecular weight excluding hydrogens is 166 g/mol. The Hall–Kier alpha value is -0.730. The van der Waals surface area contributed by atoms with Gasteiger partial charge in [-0.2, -0.15) is 0 Å². The van der Waals surface area contributed by atoms with E-state index in [9.17, 15) is 0 Å². The van der Waals surface area contributed by atoms with Crippen LogP contribution in [0.1, 0.15) is 5.56 Å². The second-order valence-corrected chi connectivity index (χ2v) is 3.07. The fourth-order valence-corrected chi connectivity index (χ4v) is 1.05.